The number of sulfonamides is 1. The lowest BCUT2D eigenvalue weighted by atomic mass is 9.74. The van der Waals surface area contributed by atoms with Gasteiger partial charge in [0.05, 0.1) is 6.10 Å². The van der Waals surface area contributed by atoms with E-state index in [1.165, 1.54) is 18.3 Å². The van der Waals surface area contributed by atoms with E-state index in [1.54, 1.807) is 6.92 Å². The summed E-state index contributed by atoms with van der Waals surface area (Å²) in [5.41, 5.74) is 1.90. The Balaban J connectivity index is 2.44. The fourth-order valence-electron chi connectivity index (χ4n) is 3.98. The van der Waals surface area contributed by atoms with E-state index in [9.17, 15) is 18.3 Å². The lowest BCUT2D eigenvalue weighted by Gasteiger charge is -2.32. The number of hydrogen-bond acceptors (Lipinski definition) is 6. The average Bonchev–Trinajstić information content (AvgIpc) is 3.16. The Labute approximate surface area is 213 Å². The molecule has 0 bridgehead atoms. The van der Waals surface area contributed by atoms with Crippen molar-refractivity contribution in [2.75, 3.05) is 6.61 Å². The van der Waals surface area contributed by atoms with Gasteiger partial charge in [0.25, 0.3) is 10.0 Å². The van der Waals surface area contributed by atoms with Gasteiger partial charge in [-0.1, -0.05) is 46.8 Å². The zero-order valence-corrected chi connectivity index (χ0v) is 23.6. The Hall–Kier alpha value is -1.94. The summed E-state index contributed by atoms with van der Waals surface area (Å²) in [6.07, 6.45) is 0.910. The molecule has 2 atom stereocenters. The summed E-state index contributed by atoms with van der Waals surface area (Å²) in [6, 6.07) is 6.66. The lowest BCUT2D eigenvalue weighted by Crippen LogP contribution is -2.38. The van der Waals surface area contributed by atoms with Crippen LogP contribution in [0, 0.1) is 19.3 Å². The minimum absolute atomic E-state index is 0.139. The molecule has 0 saturated heterocycles. The summed E-state index contributed by atoms with van der Waals surface area (Å²) < 4.78 is 34.1. The molecule has 0 spiro atoms. The number of aliphatic hydroxyl groups excluding tert-OH is 1. The summed E-state index contributed by atoms with van der Waals surface area (Å²) in [5.74, 6) is -0.525. The van der Waals surface area contributed by atoms with E-state index in [0.29, 0.717) is 11.3 Å². The van der Waals surface area contributed by atoms with Gasteiger partial charge in [0, 0.05) is 10.3 Å². The lowest BCUT2D eigenvalue weighted by molar-refractivity contribution is -0.138. The highest BCUT2D eigenvalue weighted by atomic mass is 32.2. The summed E-state index contributed by atoms with van der Waals surface area (Å²) in [7, 11) is -3.97. The number of carbonyl (C=O) groups is 1. The van der Waals surface area contributed by atoms with Crippen LogP contribution in [0.5, 0.6) is 5.75 Å². The summed E-state index contributed by atoms with van der Waals surface area (Å²) in [4.78, 5) is 12.1. The van der Waals surface area contributed by atoms with Crippen LogP contribution < -0.4 is 9.46 Å². The Kier molecular flexibility index (Phi) is 9.19. The molecule has 35 heavy (non-hydrogen) atoms. The van der Waals surface area contributed by atoms with Gasteiger partial charge < -0.3 is 14.9 Å². The molecule has 1 heterocycles. The van der Waals surface area contributed by atoms with Crippen molar-refractivity contribution in [2.24, 2.45) is 5.41 Å². The molecule has 2 aromatic rings. The molecule has 7 nitrogen and oxygen atoms in total. The molecule has 1 aromatic carbocycles. The fourth-order valence-corrected chi connectivity index (χ4v) is 7.25. The van der Waals surface area contributed by atoms with E-state index in [4.69, 9.17) is 9.84 Å². The first-order chi connectivity index (χ1) is 16.1. The van der Waals surface area contributed by atoms with Crippen LogP contribution in [0.3, 0.4) is 0 Å². The number of hydrogen-bond donors (Lipinski definition) is 3. The third-order valence-electron chi connectivity index (χ3n) is 6.62. The SMILES string of the molecule is CCC(CC)(c1ccc(OCC(O)C(C)(C)C)c(C)c1)c1cc(C)c(S(=O)(=O)N[C@H](C)C(=O)O)s1. The third-order valence-corrected chi connectivity index (χ3v) is 10.2. The molecule has 0 amide bonds. The normalized spacial score (nSPS) is 14.5. The summed E-state index contributed by atoms with van der Waals surface area (Å²) in [6.45, 7) is 15.2. The predicted octanol–water partition coefficient (Wildman–Crippen LogP) is 5.01. The highest BCUT2D eigenvalue weighted by Crippen LogP contribution is 2.45. The first kappa shape index (κ1) is 29.3. The second-order valence-corrected chi connectivity index (χ2v) is 13.2. The zero-order valence-electron chi connectivity index (χ0n) is 21.9. The van der Waals surface area contributed by atoms with Gasteiger partial charge in [-0.05, 0) is 67.9 Å². The number of rotatable bonds is 11. The predicted molar refractivity (Wildman–Crippen MR) is 140 cm³/mol. The number of thiophene rings is 1. The average molecular weight is 526 g/mol. The minimum atomic E-state index is -3.97. The molecule has 0 radical (unpaired) electrons. The van der Waals surface area contributed by atoms with Gasteiger partial charge in [0.2, 0.25) is 0 Å². The van der Waals surface area contributed by atoms with Crippen molar-refractivity contribution < 1.29 is 28.2 Å². The zero-order chi connectivity index (χ0) is 26.8. The van der Waals surface area contributed by atoms with E-state index >= 15 is 0 Å². The van der Waals surface area contributed by atoms with Crippen LogP contribution in [-0.2, 0) is 20.2 Å². The number of aliphatic hydroxyl groups is 1. The molecule has 0 aliphatic carbocycles. The molecule has 2 rings (SSSR count). The molecular weight excluding hydrogens is 486 g/mol. The van der Waals surface area contributed by atoms with Crippen LogP contribution in [0.25, 0.3) is 0 Å². The first-order valence-corrected chi connectivity index (χ1v) is 14.2. The van der Waals surface area contributed by atoms with Gasteiger partial charge in [0.15, 0.2) is 0 Å². The van der Waals surface area contributed by atoms with Crippen LogP contribution in [0.15, 0.2) is 28.5 Å². The standard InChI is InChI=1S/C26H39NO6S2/c1-9-26(10-2,19-11-12-20(16(3)13-19)33-15-21(28)25(6,7)8)22-14-17(4)24(34-22)35(31,32)27-18(5)23(29)30/h11-14,18,21,27-28H,9-10,15H2,1-8H3,(H,29,30)/t18-,21?/m1/s1. The highest BCUT2D eigenvalue weighted by Gasteiger charge is 2.35. The Bertz CT molecular complexity index is 1140. The molecule has 0 saturated carbocycles. The van der Waals surface area contributed by atoms with Crippen LogP contribution >= 0.6 is 11.3 Å². The van der Waals surface area contributed by atoms with E-state index in [2.05, 4.69) is 24.6 Å². The quantitative estimate of drug-likeness (QED) is 0.380. The van der Waals surface area contributed by atoms with E-state index < -0.39 is 33.6 Å². The van der Waals surface area contributed by atoms with Gasteiger partial charge in [-0.2, -0.15) is 4.72 Å². The van der Waals surface area contributed by atoms with Gasteiger partial charge >= 0.3 is 5.97 Å². The number of aliphatic carboxylic acids is 1. The number of benzene rings is 1. The van der Waals surface area contributed by atoms with Gasteiger partial charge in [-0.3, -0.25) is 4.79 Å². The molecule has 0 aliphatic heterocycles. The van der Waals surface area contributed by atoms with E-state index in [0.717, 1.165) is 28.8 Å². The maximum absolute atomic E-state index is 12.9. The first-order valence-electron chi connectivity index (χ1n) is 11.9. The number of ether oxygens (including phenoxy) is 1. The van der Waals surface area contributed by atoms with Crippen LogP contribution in [0.1, 0.15) is 76.0 Å². The number of carboxylic acid groups (broad SMARTS) is 1. The van der Waals surface area contributed by atoms with Gasteiger partial charge in [-0.15, -0.1) is 11.3 Å². The van der Waals surface area contributed by atoms with Crippen molar-refractivity contribution in [2.45, 2.75) is 90.0 Å². The monoisotopic (exact) mass is 525 g/mol. The Morgan fingerprint density at radius 3 is 2.20 bits per heavy atom. The number of nitrogens with one attached hydrogen (secondary N) is 1. The maximum Gasteiger partial charge on any atom is 0.321 e. The van der Waals surface area contributed by atoms with Crippen LogP contribution in [0.4, 0.5) is 0 Å². The highest BCUT2D eigenvalue weighted by molar-refractivity contribution is 7.91. The summed E-state index contributed by atoms with van der Waals surface area (Å²) in [5, 5.41) is 19.4. The minimum Gasteiger partial charge on any atom is -0.491 e. The smallest absolute Gasteiger partial charge is 0.321 e. The van der Waals surface area contributed by atoms with Crippen molar-refractivity contribution in [3.05, 3.63) is 45.8 Å². The van der Waals surface area contributed by atoms with Crippen LogP contribution in [0.2, 0.25) is 0 Å². The van der Waals surface area contributed by atoms with E-state index in [1.807, 2.05) is 45.9 Å². The largest absolute Gasteiger partial charge is 0.491 e. The van der Waals surface area contributed by atoms with E-state index in [-0.39, 0.29) is 16.2 Å². The number of carboxylic acids is 1. The van der Waals surface area contributed by atoms with Gasteiger partial charge in [-0.25, -0.2) is 8.42 Å². The van der Waals surface area contributed by atoms with Crippen molar-refractivity contribution in [3.8, 4) is 5.75 Å². The Morgan fingerprint density at radius 1 is 1.11 bits per heavy atom. The molecule has 0 fully saturated rings. The molecule has 1 aromatic heterocycles. The third kappa shape index (κ3) is 6.44. The second kappa shape index (κ2) is 11.0. The molecule has 196 valence electrons. The molecular formula is C26H39NO6S2. The van der Waals surface area contributed by atoms with Crippen molar-refractivity contribution >= 4 is 27.3 Å². The molecule has 0 aliphatic rings. The summed E-state index contributed by atoms with van der Waals surface area (Å²) >= 11 is 1.19. The second-order valence-electron chi connectivity index (χ2n) is 10.2. The molecule has 1 unspecified atom stereocenters. The van der Waals surface area contributed by atoms with Crippen molar-refractivity contribution in [1.82, 2.24) is 4.72 Å². The topological polar surface area (TPSA) is 113 Å². The van der Waals surface area contributed by atoms with Crippen molar-refractivity contribution in [1.29, 1.82) is 0 Å². The fraction of sp³-hybridized carbons (Fsp3) is 0.577. The maximum atomic E-state index is 12.9. The van der Waals surface area contributed by atoms with Crippen LogP contribution in [-0.4, -0.2) is 43.4 Å². The van der Waals surface area contributed by atoms with Crippen molar-refractivity contribution in [3.63, 3.8) is 0 Å². The molecule has 3 N–H and O–H groups in total. The molecule has 9 heteroatoms. The number of aryl methyl sites for hydroxylation is 2. The van der Waals surface area contributed by atoms with Gasteiger partial charge in [0.1, 0.15) is 22.6 Å². The Morgan fingerprint density at radius 2 is 1.71 bits per heavy atom.